The second kappa shape index (κ2) is 7.62. The zero-order chi connectivity index (χ0) is 20.6. The molecule has 2 aliphatic rings. The van der Waals surface area contributed by atoms with Crippen LogP contribution in [0.1, 0.15) is 30.9 Å². The Labute approximate surface area is 177 Å². The van der Waals surface area contributed by atoms with E-state index in [4.69, 9.17) is 4.74 Å². The molecule has 5 rings (SSSR count). The van der Waals surface area contributed by atoms with Gasteiger partial charge in [-0.3, -0.25) is 10.1 Å². The maximum Gasteiger partial charge on any atom is 0.242 e. The molecule has 2 fully saturated rings. The highest BCUT2D eigenvalue weighted by atomic mass is 16.5. The normalized spacial score (nSPS) is 23.3. The molecule has 30 heavy (non-hydrogen) atoms. The molecule has 0 aromatic heterocycles. The summed E-state index contributed by atoms with van der Waals surface area (Å²) in [6.07, 6.45) is 2.81. The molecule has 0 unspecified atom stereocenters. The van der Waals surface area contributed by atoms with E-state index in [0.717, 1.165) is 42.9 Å². The number of nitrogens with zero attached hydrogens (tertiary/aromatic N) is 1. The summed E-state index contributed by atoms with van der Waals surface area (Å²) in [5.41, 5.74) is 3.22. The average molecular weight is 399 g/mol. The molecule has 3 aromatic carbocycles. The van der Waals surface area contributed by atoms with Gasteiger partial charge in [0.1, 0.15) is 17.0 Å². The minimum absolute atomic E-state index is 0.223. The van der Waals surface area contributed by atoms with Crippen LogP contribution in [0.5, 0.6) is 11.5 Å². The van der Waals surface area contributed by atoms with Crippen molar-refractivity contribution in [2.24, 2.45) is 0 Å². The molecular formula is C26H26N2O2. The van der Waals surface area contributed by atoms with Crippen molar-refractivity contribution in [3.8, 4) is 22.6 Å². The van der Waals surface area contributed by atoms with Crippen LogP contribution >= 0.6 is 0 Å². The summed E-state index contributed by atoms with van der Waals surface area (Å²) in [6.45, 7) is 0.843. The quantitative estimate of drug-likeness (QED) is 0.659. The first kappa shape index (κ1) is 18.9. The lowest BCUT2D eigenvalue weighted by Gasteiger charge is -2.23. The molecule has 2 saturated heterocycles. The lowest BCUT2D eigenvalue weighted by atomic mass is 9.95. The maximum atomic E-state index is 12.6. The highest BCUT2D eigenvalue weighted by Crippen LogP contribution is 2.39. The van der Waals surface area contributed by atoms with Gasteiger partial charge in [0, 0.05) is 19.6 Å². The van der Waals surface area contributed by atoms with E-state index in [2.05, 4.69) is 41.7 Å². The molecule has 0 radical (unpaired) electrons. The van der Waals surface area contributed by atoms with Crippen molar-refractivity contribution in [3.63, 3.8) is 0 Å². The number of nitrogens with one attached hydrogen (secondary N) is 1. The number of ether oxygens (including phenoxy) is 1. The summed E-state index contributed by atoms with van der Waals surface area (Å²) >= 11 is 0. The number of likely N-dealkylation sites (tertiary alicyclic amines) is 1. The van der Waals surface area contributed by atoms with Gasteiger partial charge in [-0.05, 0) is 66.3 Å². The van der Waals surface area contributed by atoms with E-state index in [1.165, 1.54) is 11.1 Å². The third-order valence-corrected chi connectivity index (χ3v) is 6.40. The van der Waals surface area contributed by atoms with Crippen LogP contribution in [0.25, 0.3) is 11.1 Å². The van der Waals surface area contributed by atoms with E-state index in [1.807, 2.05) is 54.4 Å². The van der Waals surface area contributed by atoms with Crippen LogP contribution in [0, 0.1) is 0 Å². The molecule has 1 amide bonds. The lowest BCUT2D eigenvalue weighted by molar-refractivity contribution is -0.131. The highest BCUT2D eigenvalue weighted by Gasteiger charge is 2.49. The average Bonchev–Trinajstić information content (AvgIpc) is 3.35. The van der Waals surface area contributed by atoms with Crippen molar-refractivity contribution >= 4 is 5.91 Å². The summed E-state index contributed by atoms with van der Waals surface area (Å²) in [5, 5.41) is 3.67. The predicted molar refractivity (Wildman–Crippen MR) is 118 cm³/mol. The molecular weight excluding hydrogens is 372 g/mol. The van der Waals surface area contributed by atoms with Crippen molar-refractivity contribution in [2.75, 3.05) is 13.6 Å². The van der Waals surface area contributed by atoms with E-state index >= 15 is 0 Å². The number of carbonyl (C=O) groups excluding carboxylic acids is 1. The van der Waals surface area contributed by atoms with Gasteiger partial charge in [0.2, 0.25) is 5.91 Å². The Kier molecular flexibility index (Phi) is 4.80. The smallest absolute Gasteiger partial charge is 0.242 e. The molecule has 0 bridgehead atoms. The van der Waals surface area contributed by atoms with Gasteiger partial charge in [0.15, 0.2) is 0 Å². The minimum atomic E-state index is -0.355. The first-order valence-corrected chi connectivity index (χ1v) is 10.6. The molecule has 0 saturated carbocycles. The molecule has 0 aliphatic carbocycles. The molecule has 4 heteroatoms. The number of para-hydroxylation sites is 1. The van der Waals surface area contributed by atoms with Crippen LogP contribution in [-0.2, 0) is 4.79 Å². The Hall–Kier alpha value is -3.11. The number of hydrogen-bond donors (Lipinski definition) is 1. The fourth-order valence-corrected chi connectivity index (χ4v) is 4.69. The van der Waals surface area contributed by atoms with Gasteiger partial charge in [0.05, 0.1) is 0 Å². The number of benzene rings is 3. The summed E-state index contributed by atoms with van der Waals surface area (Å²) in [7, 11) is 1.90. The third-order valence-electron chi connectivity index (χ3n) is 6.40. The summed E-state index contributed by atoms with van der Waals surface area (Å²) < 4.78 is 5.90. The molecule has 1 N–H and O–H groups in total. The molecule has 2 atom stereocenters. The Balaban J connectivity index is 1.32. The minimum Gasteiger partial charge on any atom is -0.457 e. The van der Waals surface area contributed by atoms with Gasteiger partial charge in [-0.15, -0.1) is 0 Å². The number of carbonyl (C=O) groups is 1. The van der Waals surface area contributed by atoms with Crippen molar-refractivity contribution in [1.29, 1.82) is 0 Å². The Morgan fingerprint density at radius 2 is 1.67 bits per heavy atom. The third kappa shape index (κ3) is 3.48. The van der Waals surface area contributed by atoms with E-state index in [0.29, 0.717) is 0 Å². The molecule has 2 aliphatic heterocycles. The van der Waals surface area contributed by atoms with Crippen LogP contribution < -0.4 is 10.1 Å². The highest BCUT2D eigenvalue weighted by molar-refractivity contribution is 5.88. The van der Waals surface area contributed by atoms with Gasteiger partial charge in [-0.1, -0.05) is 48.5 Å². The monoisotopic (exact) mass is 398 g/mol. The molecule has 4 nitrogen and oxygen atoms in total. The molecule has 3 aromatic rings. The number of hydrogen-bond acceptors (Lipinski definition) is 3. The topological polar surface area (TPSA) is 41.6 Å². The first-order valence-electron chi connectivity index (χ1n) is 10.6. The van der Waals surface area contributed by atoms with Gasteiger partial charge >= 0.3 is 0 Å². The van der Waals surface area contributed by atoms with Crippen LogP contribution in [0.3, 0.4) is 0 Å². The molecule has 2 heterocycles. The Morgan fingerprint density at radius 1 is 0.900 bits per heavy atom. The van der Waals surface area contributed by atoms with Gasteiger partial charge in [0.25, 0.3) is 0 Å². The fraction of sp³-hybridized carbons (Fsp3) is 0.269. The van der Waals surface area contributed by atoms with Gasteiger partial charge in [-0.2, -0.15) is 0 Å². The lowest BCUT2D eigenvalue weighted by Crippen LogP contribution is -2.47. The van der Waals surface area contributed by atoms with Crippen molar-refractivity contribution < 1.29 is 9.53 Å². The SMILES string of the molecule is CN1CC[C@]2(CC[C@H](c3cccc(-c4ccc(Oc5ccccc5)cc4)c3)N2)C1=O. The molecule has 1 spiro atoms. The zero-order valence-electron chi connectivity index (χ0n) is 17.2. The van der Waals surface area contributed by atoms with E-state index < -0.39 is 0 Å². The van der Waals surface area contributed by atoms with Crippen molar-refractivity contribution in [3.05, 3.63) is 84.4 Å². The maximum absolute atomic E-state index is 12.6. The largest absolute Gasteiger partial charge is 0.457 e. The summed E-state index contributed by atoms with van der Waals surface area (Å²) in [5.74, 6) is 1.90. The van der Waals surface area contributed by atoms with E-state index in [1.54, 1.807) is 0 Å². The molecule has 152 valence electrons. The standard InChI is InChI=1S/C26H26N2O2/c1-28-17-16-26(25(28)29)15-14-24(27-26)21-7-5-6-20(18-21)19-10-12-23(13-11-19)30-22-8-3-2-4-9-22/h2-13,18,24,27H,14-17H2,1H3/t24-,26-/m1/s1. The van der Waals surface area contributed by atoms with Gasteiger partial charge < -0.3 is 9.64 Å². The first-order chi connectivity index (χ1) is 14.6. The van der Waals surface area contributed by atoms with Crippen LogP contribution in [0.4, 0.5) is 0 Å². The van der Waals surface area contributed by atoms with Crippen LogP contribution in [-0.4, -0.2) is 29.9 Å². The van der Waals surface area contributed by atoms with E-state index in [9.17, 15) is 4.79 Å². The summed E-state index contributed by atoms with van der Waals surface area (Å²) in [4.78, 5) is 14.5. The Bertz CT molecular complexity index is 1050. The second-order valence-electron chi connectivity index (χ2n) is 8.36. The van der Waals surface area contributed by atoms with Crippen molar-refractivity contribution in [1.82, 2.24) is 10.2 Å². The van der Waals surface area contributed by atoms with Crippen molar-refractivity contribution in [2.45, 2.75) is 30.8 Å². The predicted octanol–water partition coefficient (Wildman–Crippen LogP) is 5.17. The van der Waals surface area contributed by atoms with Crippen LogP contribution in [0.15, 0.2) is 78.9 Å². The summed E-state index contributed by atoms with van der Waals surface area (Å²) in [6, 6.07) is 26.9. The Morgan fingerprint density at radius 3 is 2.40 bits per heavy atom. The fourth-order valence-electron chi connectivity index (χ4n) is 4.69. The van der Waals surface area contributed by atoms with Gasteiger partial charge in [-0.25, -0.2) is 0 Å². The number of likely N-dealkylation sites (N-methyl/N-ethyl adjacent to an activating group) is 1. The van der Waals surface area contributed by atoms with E-state index in [-0.39, 0.29) is 17.5 Å². The number of rotatable bonds is 4. The number of amides is 1. The second-order valence-corrected chi connectivity index (χ2v) is 8.36. The zero-order valence-corrected chi connectivity index (χ0v) is 17.2. The van der Waals surface area contributed by atoms with Crippen LogP contribution in [0.2, 0.25) is 0 Å².